The van der Waals surface area contributed by atoms with Crippen LogP contribution < -0.4 is 0 Å². The molecule has 0 bridgehead atoms. The Bertz CT molecular complexity index is 680. The number of rotatable bonds is 4. The van der Waals surface area contributed by atoms with Gasteiger partial charge in [-0.1, -0.05) is 49.3 Å². The topological polar surface area (TPSA) is 20.2 Å². The van der Waals surface area contributed by atoms with Crippen LogP contribution in [0.2, 0.25) is 0 Å². The summed E-state index contributed by atoms with van der Waals surface area (Å²) in [7, 11) is 0. The van der Waals surface area contributed by atoms with E-state index in [1.807, 2.05) is 0 Å². The van der Waals surface area contributed by atoms with Crippen molar-refractivity contribution in [1.29, 1.82) is 0 Å². The molecule has 156 valence electrons. The molecule has 4 aliphatic rings. The third-order valence-electron chi connectivity index (χ3n) is 9.59. The van der Waals surface area contributed by atoms with Crippen molar-refractivity contribution in [3.8, 4) is 0 Å². The van der Waals surface area contributed by atoms with Crippen molar-refractivity contribution in [2.24, 2.45) is 34.5 Å². The highest BCUT2D eigenvalue weighted by atomic mass is 16.3. The fourth-order valence-corrected chi connectivity index (χ4v) is 8.03. The van der Waals surface area contributed by atoms with Crippen LogP contribution in [0.1, 0.15) is 91.9 Å². The van der Waals surface area contributed by atoms with E-state index in [1.54, 1.807) is 5.57 Å². The van der Waals surface area contributed by atoms with E-state index in [2.05, 4.69) is 46.4 Å². The SMILES string of the molecule is C=C(CCC=C(C)C)[C@H]1CC[C@@H]2[C@H]3CC=C4C[C@@H](O)CC[C@]4(C)[C@@H]3CC[C@]12C. The molecule has 0 radical (unpaired) electrons. The standard InChI is InChI=1S/C27H42O/c1-18(2)7-6-8-19(3)23-11-12-24-22-10-9-20-17-21(28)13-15-26(20,4)25(22)14-16-27(23,24)5/h7,9,21-25,28H,3,6,8,10-17H2,1-2,4-5H3/t21-,22+,23+,24+,25+,26-,27+/m0/s1. The van der Waals surface area contributed by atoms with Crippen LogP contribution in [0.25, 0.3) is 0 Å². The molecule has 0 unspecified atom stereocenters. The van der Waals surface area contributed by atoms with E-state index >= 15 is 0 Å². The van der Waals surface area contributed by atoms with Crippen LogP contribution in [0, 0.1) is 34.5 Å². The summed E-state index contributed by atoms with van der Waals surface area (Å²) in [6, 6.07) is 0. The van der Waals surface area contributed by atoms with Gasteiger partial charge in [0.15, 0.2) is 0 Å². The van der Waals surface area contributed by atoms with E-state index < -0.39 is 0 Å². The third-order valence-corrected chi connectivity index (χ3v) is 9.59. The summed E-state index contributed by atoms with van der Waals surface area (Å²) in [5.41, 5.74) is 5.39. The molecule has 4 aliphatic carbocycles. The molecular weight excluding hydrogens is 340 g/mol. The lowest BCUT2D eigenvalue weighted by Crippen LogP contribution is -2.50. The molecule has 0 aromatic heterocycles. The molecule has 1 N–H and O–H groups in total. The van der Waals surface area contributed by atoms with Gasteiger partial charge in [-0.2, -0.15) is 0 Å². The first-order valence-corrected chi connectivity index (χ1v) is 11.9. The second kappa shape index (κ2) is 7.46. The van der Waals surface area contributed by atoms with Crippen LogP contribution in [0.3, 0.4) is 0 Å². The predicted octanol–water partition coefficient (Wildman–Crippen LogP) is 7.23. The maximum atomic E-state index is 10.2. The molecule has 1 heteroatoms. The molecule has 0 saturated heterocycles. The zero-order valence-electron chi connectivity index (χ0n) is 18.8. The van der Waals surface area contributed by atoms with Crippen LogP contribution >= 0.6 is 0 Å². The lowest BCUT2D eigenvalue weighted by Gasteiger charge is -2.58. The van der Waals surface area contributed by atoms with Gasteiger partial charge in [0.2, 0.25) is 0 Å². The van der Waals surface area contributed by atoms with E-state index in [-0.39, 0.29) is 6.10 Å². The summed E-state index contributed by atoms with van der Waals surface area (Å²) in [6.45, 7) is 14.1. The lowest BCUT2D eigenvalue weighted by atomic mass is 9.47. The van der Waals surface area contributed by atoms with Gasteiger partial charge in [0.05, 0.1) is 6.10 Å². The smallest absolute Gasteiger partial charge is 0.0577 e. The highest BCUT2D eigenvalue weighted by Gasteiger charge is 2.58. The molecule has 1 nitrogen and oxygen atoms in total. The van der Waals surface area contributed by atoms with E-state index in [0.717, 1.165) is 42.9 Å². The second-order valence-corrected chi connectivity index (χ2v) is 11.3. The van der Waals surface area contributed by atoms with Crippen molar-refractivity contribution in [2.45, 2.75) is 98.0 Å². The van der Waals surface area contributed by atoms with Gasteiger partial charge in [-0.25, -0.2) is 0 Å². The summed E-state index contributed by atoms with van der Waals surface area (Å²) >= 11 is 0. The summed E-state index contributed by atoms with van der Waals surface area (Å²) in [6.07, 6.45) is 17.1. The first-order chi connectivity index (χ1) is 13.3. The summed E-state index contributed by atoms with van der Waals surface area (Å²) in [4.78, 5) is 0. The molecule has 0 aromatic rings. The number of hydrogen-bond donors (Lipinski definition) is 1. The van der Waals surface area contributed by atoms with Crippen molar-refractivity contribution in [3.05, 3.63) is 35.5 Å². The van der Waals surface area contributed by atoms with Crippen molar-refractivity contribution >= 4 is 0 Å². The Morgan fingerprint density at radius 3 is 2.68 bits per heavy atom. The van der Waals surface area contributed by atoms with Gasteiger partial charge >= 0.3 is 0 Å². The molecule has 3 saturated carbocycles. The van der Waals surface area contributed by atoms with Gasteiger partial charge in [0.1, 0.15) is 0 Å². The molecule has 0 amide bonds. The van der Waals surface area contributed by atoms with Gasteiger partial charge in [-0.05, 0) is 113 Å². The van der Waals surface area contributed by atoms with Gasteiger partial charge in [-0.15, -0.1) is 0 Å². The van der Waals surface area contributed by atoms with Crippen LogP contribution in [0.15, 0.2) is 35.5 Å². The van der Waals surface area contributed by atoms with E-state index in [4.69, 9.17) is 0 Å². The second-order valence-electron chi connectivity index (χ2n) is 11.3. The van der Waals surface area contributed by atoms with Crippen LogP contribution in [0.4, 0.5) is 0 Å². The molecule has 0 aromatic carbocycles. The number of allylic oxidation sites excluding steroid dienone is 4. The van der Waals surface area contributed by atoms with Gasteiger partial charge in [0.25, 0.3) is 0 Å². The largest absolute Gasteiger partial charge is 0.393 e. The number of aliphatic hydroxyl groups excluding tert-OH is 1. The van der Waals surface area contributed by atoms with Gasteiger partial charge in [0, 0.05) is 0 Å². The Morgan fingerprint density at radius 2 is 1.93 bits per heavy atom. The molecule has 7 atom stereocenters. The molecule has 3 fully saturated rings. The monoisotopic (exact) mass is 382 g/mol. The number of hydrogen-bond acceptors (Lipinski definition) is 1. The van der Waals surface area contributed by atoms with Crippen molar-refractivity contribution in [3.63, 3.8) is 0 Å². The maximum Gasteiger partial charge on any atom is 0.0577 e. The quantitative estimate of drug-likeness (QED) is 0.508. The van der Waals surface area contributed by atoms with Crippen molar-refractivity contribution < 1.29 is 5.11 Å². The minimum absolute atomic E-state index is 0.0928. The first-order valence-electron chi connectivity index (χ1n) is 11.9. The number of fused-ring (bicyclic) bond motifs is 5. The zero-order valence-corrected chi connectivity index (χ0v) is 18.8. The Balaban J connectivity index is 1.52. The molecule has 4 rings (SSSR count). The Morgan fingerprint density at radius 1 is 1.14 bits per heavy atom. The summed E-state index contributed by atoms with van der Waals surface area (Å²) in [5.74, 6) is 3.31. The Labute approximate surface area is 173 Å². The van der Waals surface area contributed by atoms with Crippen molar-refractivity contribution in [2.75, 3.05) is 0 Å². The zero-order chi connectivity index (χ0) is 20.1. The fraction of sp³-hybridized carbons (Fsp3) is 0.778. The van der Waals surface area contributed by atoms with Gasteiger partial charge in [-0.3, -0.25) is 0 Å². The minimum atomic E-state index is -0.0928. The van der Waals surface area contributed by atoms with Crippen molar-refractivity contribution in [1.82, 2.24) is 0 Å². The average Bonchev–Trinajstić information content (AvgIpc) is 2.99. The molecule has 28 heavy (non-hydrogen) atoms. The van der Waals surface area contributed by atoms with Crippen LogP contribution in [-0.2, 0) is 0 Å². The Hall–Kier alpha value is -0.820. The van der Waals surface area contributed by atoms with Crippen LogP contribution in [-0.4, -0.2) is 11.2 Å². The highest BCUT2D eigenvalue weighted by molar-refractivity contribution is 5.26. The normalized spacial score (nSPS) is 44.8. The van der Waals surface area contributed by atoms with Gasteiger partial charge < -0.3 is 5.11 Å². The van der Waals surface area contributed by atoms with Crippen LogP contribution in [0.5, 0.6) is 0 Å². The highest BCUT2D eigenvalue weighted by Crippen LogP contribution is 2.67. The minimum Gasteiger partial charge on any atom is -0.393 e. The Kier molecular flexibility index (Phi) is 5.45. The summed E-state index contributed by atoms with van der Waals surface area (Å²) < 4.78 is 0. The third kappa shape index (κ3) is 3.26. The molecular formula is C27H42O. The first kappa shape index (κ1) is 20.5. The molecule has 0 heterocycles. The maximum absolute atomic E-state index is 10.2. The molecule has 0 aliphatic heterocycles. The van der Waals surface area contributed by atoms with E-state index in [1.165, 1.54) is 56.1 Å². The predicted molar refractivity (Wildman–Crippen MR) is 119 cm³/mol. The number of aliphatic hydroxyl groups is 1. The summed E-state index contributed by atoms with van der Waals surface area (Å²) in [5, 5.41) is 10.2. The van der Waals surface area contributed by atoms with E-state index in [9.17, 15) is 5.11 Å². The van der Waals surface area contributed by atoms with E-state index in [0.29, 0.717) is 10.8 Å². The average molecular weight is 383 g/mol. The molecule has 0 spiro atoms. The fourth-order valence-electron chi connectivity index (χ4n) is 8.03. The lowest BCUT2D eigenvalue weighted by molar-refractivity contribution is -0.0456.